The first-order valence-electron chi connectivity index (χ1n) is 10.0. The molecule has 1 aliphatic heterocycles. The maximum atomic E-state index is 12.1. The zero-order chi connectivity index (χ0) is 20.6. The van der Waals surface area contributed by atoms with Gasteiger partial charge in [0, 0.05) is 31.1 Å². The number of amides is 2. The third-order valence-corrected chi connectivity index (χ3v) is 4.64. The first-order valence-corrected chi connectivity index (χ1v) is 10.0. The van der Waals surface area contributed by atoms with E-state index in [0.29, 0.717) is 37.6 Å². The van der Waals surface area contributed by atoms with Crippen molar-refractivity contribution in [2.24, 2.45) is 0 Å². The zero-order valence-corrected chi connectivity index (χ0v) is 17.1. The molecule has 0 spiro atoms. The summed E-state index contributed by atoms with van der Waals surface area (Å²) in [4.78, 5) is 25.4. The third kappa shape index (κ3) is 6.52. The van der Waals surface area contributed by atoms with Gasteiger partial charge in [-0.3, -0.25) is 9.59 Å². The Labute approximate surface area is 171 Å². The van der Waals surface area contributed by atoms with Gasteiger partial charge in [0.2, 0.25) is 11.8 Å². The van der Waals surface area contributed by atoms with Crippen molar-refractivity contribution in [3.63, 3.8) is 0 Å². The average molecular weight is 396 g/mol. The summed E-state index contributed by atoms with van der Waals surface area (Å²) in [6.07, 6.45) is 2.10. The van der Waals surface area contributed by atoms with Crippen LogP contribution < -0.4 is 14.8 Å². The molecule has 2 aromatic rings. The van der Waals surface area contributed by atoms with Gasteiger partial charge in [0.15, 0.2) is 0 Å². The number of carbonyl (C=O) groups excluding carboxylic acids is 2. The molecule has 29 heavy (non-hydrogen) atoms. The van der Waals surface area contributed by atoms with E-state index >= 15 is 0 Å². The Kier molecular flexibility index (Phi) is 7.11. The molecule has 6 nitrogen and oxygen atoms in total. The minimum absolute atomic E-state index is 0.0419. The quantitative estimate of drug-likeness (QED) is 0.656. The molecule has 1 aliphatic rings. The number of hydrogen-bond donors (Lipinski definition) is 1. The summed E-state index contributed by atoms with van der Waals surface area (Å²) in [5.74, 6) is 1.41. The van der Waals surface area contributed by atoms with Crippen LogP contribution in [0.1, 0.15) is 30.4 Å². The summed E-state index contributed by atoms with van der Waals surface area (Å²) in [5, 5.41) is 2.83. The van der Waals surface area contributed by atoms with Gasteiger partial charge in [0.1, 0.15) is 11.5 Å². The Hall–Kier alpha value is -3.02. The Bertz CT molecular complexity index is 845. The van der Waals surface area contributed by atoms with Crippen molar-refractivity contribution >= 4 is 17.5 Å². The fourth-order valence-corrected chi connectivity index (χ4v) is 3.36. The van der Waals surface area contributed by atoms with Crippen molar-refractivity contribution in [3.05, 3.63) is 53.6 Å². The summed E-state index contributed by atoms with van der Waals surface area (Å²) in [6, 6.07) is 13.4. The molecule has 1 fully saturated rings. The molecule has 1 N–H and O–H groups in total. The number of ether oxygens (including phenoxy) is 2. The lowest BCUT2D eigenvalue weighted by atomic mass is 10.1. The standard InChI is InChI=1S/C23H28N2O4/c1-17-12-18(2)14-21(13-17)29-11-5-10-28-20-7-3-6-19(15-20)24-22(26)16-25-9-4-8-23(25)27/h3,6-7,12-15H,4-5,8-11,16H2,1-2H3,(H,24,26). The molecule has 0 atom stereocenters. The van der Waals surface area contributed by atoms with Crippen molar-refractivity contribution in [1.29, 1.82) is 0 Å². The second-order valence-corrected chi connectivity index (χ2v) is 7.37. The van der Waals surface area contributed by atoms with E-state index in [2.05, 4.69) is 25.2 Å². The van der Waals surface area contributed by atoms with Crippen molar-refractivity contribution in [2.45, 2.75) is 33.1 Å². The van der Waals surface area contributed by atoms with E-state index in [0.717, 1.165) is 18.6 Å². The SMILES string of the molecule is Cc1cc(C)cc(OCCCOc2cccc(NC(=O)CN3CCCC3=O)c2)c1. The van der Waals surface area contributed by atoms with Gasteiger partial charge in [-0.15, -0.1) is 0 Å². The molecule has 154 valence electrons. The second kappa shape index (κ2) is 9.96. The predicted octanol–water partition coefficient (Wildman–Crippen LogP) is 3.71. The van der Waals surface area contributed by atoms with Crippen LogP contribution in [0.15, 0.2) is 42.5 Å². The number of aryl methyl sites for hydroxylation is 2. The maximum absolute atomic E-state index is 12.1. The number of hydrogen-bond acceptors (Lipinski definition) is 4. The largest absolute Gasteiger partial charge is 0.493 e. The number of nitrogens with one attached hydrogen (secondary N) is 1. The van der Waals surface area contributed by atoms with Crippen LogP contribution in [0.25, 0.3) is 0 Å². The molecule has 0 saturated carbocycles. The molecule has 0 aliphatic carbocycles. The number of benzene rings is 2. The summed E-state index contributed by atoms with van der Waals surface area (Å²) in [7, 11) is 0. The highest BCUT2D eigenvalue weighted by atomic mass is 16.5. The van der Waals surface area contributed by atoms with Crippen LogP contribution >= 0.6 is 0 Å². The van der Waals surface area contributed by atoms with Crippen LogP contribution in [-0.2, 0) is 9.59 Å². The highest BCUT2D eigenvalue weighted by Crippen LogP contribution is 2.19. The minimum Gasteiger partial charge on any atom is -0.493 e. The Morgan fingerprint density at radius 2 is 1.76 bits per heavy atom. The van der Waals surface area contributed by atoms with E-state index in [4.69, 9.17) is 9.47 Å². The van der Waals surface area contributed by atoms with E-state index in [-0.39, 0.29) is 18.4 Å². The molecule has 0 radical (unpaired) electrons. The highest BCUT2D eigenvalue weighted by Gasteiger charge is 2.22. The lowest BCUT2D eigenvalue weighted by molar-refractivity contribution is -0.131. The molecular weight excluding hydrogens is 368 g/mol. The molecule has 1 saturated heterocycles. The van der Waals surface area contributed by atoms with Crippen LogP contribution in [0.3, 0.4) is 0 Å². The molecule has 3 rings (SSSR count). The normalized spacial score (nSPS) is 13.4. The third-order valence-electron chi connectivity index (χ3n) is 4.64. The number of carbonyl (C=O) groups is 2. The Balaban J connectivity index is 1.40. The van der Waals surface area contributed by atoms with Crippen LogP contribution in [0.2, 0.25) is 0 Å². The second-order valence-electron chi connectivity index (χ2n) is 7.37. The average Bonchev–Trinajstić information content (AvgIpc) is 3.05. The van der Waals surface area contributed by atoms with Gasteiger partial charge in [-0.1, -0.05) is 12.1 Å². The van der Waals surface area contributed by atoms with E-state index in [1.54, 1.807) is 17.0 Å². The van der Waals surface area contributed by atoms with Gasteiger partial charge < -0.3 is 19.7 Å². The number of rotatable bonds is 9. The van der Waals surface area contributed by atoms with Gasteiger partial charge in [-0.2, -0.15) is 0 Å². The zero-order valence-electron chi connectivity index (χ0n) is 17.1. The molecule has 0 aromatic heterocycles. The van der Waals surface area contributed by atoms with E-state index < -0.39 is 0 Å². The summed E-state index contributed by atoms with van der Waals surface area (Å²) < 4.78 is 11.6. The molecule has 2 amide bonds. The van der Waals surface area contributed by atoms with Crippen molar-refractivity contribution < 1.29 is 19.1 Å². The minimum atomic E-state index is -0.195. The smallest absolute Gasteiger partial charge is 0.243 e. The number of likely N-dealkylation sites (tertiary alicyclic amines) is 1. The number of anilines is 1. The summed E-state index contributed by atoms with van der Waals surface area (Å²) in [5.41, 5.74) is 3.03. The maximum Gasteiger partial charge on any atom is 0.243 e. The summed E-state index contributed by atoms with van der Waals surface area (Å²) >= 11 is 0. The highest BCUT2D eigenvalue weighted by molar-refractivity contribution is 5.95. The van der Waals surface area contributed by atoms with Gasteiger partial charge in [-0.25, -0.2) is 0 Å². The predicted molar refractivity (Wildman–Crippen MR) is 112 cm³/mol. The van der Waals surface area contributed by atoms with Crippen LogP contribution in [0, 0.1) is 13.8 Å². The van der Waals surface area contributed by atoms with Crippen LogP contribution in [-0.4, -0.2) is 43.0 Å². The van der Waals surface area contributed by atoms with Crippen molar-refractivity contribution in [2.75, 3.05) is 31.6 Å². The number of nitrogens with zero attached hydrogens (tertiary/aromatic N) is 1. The van der Waals surface area contributed by atoms with Gasteiger partial charge in [0.25, 0.3) is 0 Å². The lowest BCUT2D eigenvalue weighted by Gasteiger charge is -2.15. The molecule has 1 heterocycles. The Morgan fingerprint density at radius 3 is 2.45 bits per heavy atom. The monoisotopic (exact) mass is 396 g/mol. The van der Waals surface area contributed by atoms with Gasteiger partial charge in [0.05, 0.1) is 19.8 Å². The van der Waals surface area contributed by atoms with Gasteiger partial charge in [-0.05, 0) is 55.7 Å². The van der Waals surface area contributed by atoms with Crippen molar-refractivity contribution in [1.82, 2.24) is 4.90 Å². The van der Waals surface area contributed by atoms with E-state index in [1.807, 2.05) is 24.3 Å². The van der Waals surface area contributed by atoms with Gasteiger partial charge >= 0.3 is 0 Å². The molecule has 0 unspecified atom stereocenters. The first kappa shape index (κ1) is 20.7. The van der Waals surface area contributed by atoms with E-state index in [1.165, 1.54) is 11.1 Å². The molecule has 0 bridgehead atoms. The van der Waals surface area contributed by atoms with Crippen LogP contribution in [0.4, 0.5) is 5.69 Å². The van der Waals surface area contributed by atoms with Crippen LogP contribution in [0.5, 0.6) is 11.5 Å². The molecular formula is C23H28N2O4. The fraction of sp³-hybridized carbons (Fsp3) is 0.391. The van der Waals surface area contributed by atoms with Crippen molar-refractivity contribution in [3.8, 4) is 11.5 Å². The van der Waals surface area contributed by atoms with E-state index in [9.17, 15) is 9.59 Å². The topological polar surface area (TPSA) is 67.9 Å². The molecule has 6 heteroatoms. The fourth-order valence-electron chi connectivity index (χ4n) is 3.36. The Morgan fingerprint density at radius 1 is 1.03 bits per heavy atom. The molecule has 2 aromatic carbocycles. The first-order chi connectivity index (χ1) is 14.0. The lowest BCUT2D eigenvalue weighted by Crippen LogP contribution is -2.33. The summed E-state index contributed by atoms with van der Waals surface area (Å²) in [6.45, 7) is 5.95.